The molecule has 0 spiro atoms. The average molecular weight is 359 g/mol. The van der Waals surface area contributed by atoms with Gasteiger partial charge in [-0.3, -0.25) is 9.59 Å². The van der Waals surface area contributed by atoms with Gasteiger partial charge >= 0.3 is 10.1 Å². The average Bonchev–Trinajstić information content (AvgIpc) is 2.86. The molecule has 6 nitrogen and oxygen atoms in total. The highest BCUT2D eigenvalue weighted by Gasteiger charge is 2.40. The van der Waals surface area contributed by atoms with Gasteiger partial charge in [0.15, 0.2) is 0 Å². The SMILES string of the molecule is CCc1ccc(CC)c(S(=O)(=O)ON2C(=O)c3ccccc3C2=O)c1. The second kappa shape index (κ2) is 6.42. The van der Waals surface area contributed by atoms with Crippen molar-refractivity contribution in [1.29, 1.82) is 0 Å². The maximum atomic E-state index is 12.7. The topological polar surface area (TPSA) is 80.8 Å². The van der Waals surface area contributed by atoms with Gasteiger partial charge in [-0.25, -0.2) is 0 Å². The standard InChI is InChI=1S/C18H17NO5S/c1-3-12-9-10-13(4-2)16(11-12)25(22,23)24-19-17(20)14-7-5-6-8-15(14)18(19)21/h5-11H,3-4H2,1-2H3. The van der Waals surface area contributed by atoms with Crippen molar-refractivity contribution >= 4 is 21.9 Å². The van der Waals surface area contributed by atoms with Crippen LogP contribution in [-0.2, 0) is 27.2 Å². The summed E-state index contributed by atoms with van der Waals surface area (Å²) in [6, 6.07) is 11.2. The lowest BCUT2D eigenvalue weighted by Crippen LogP contribution is -2.33. The molecule has 0 saturated heterocycles. The van der Waals surface area contributed by atoms with E-state index >= 15 is 0 Å². The molecule has 0 saturated carbocycles. The van der Waals surface area contributed by atoms with E-state index < -0.39 is 21.9 Å². The van der Waals surface area contributed by atoms with Crippen LogP contribution in [0, 0.1) is 0 Å². The summed E-state index contributed by atoms with van der Waals surface area (Å²) in [6.07, 6.45) is 1.13. The van der Waals surface area contributed by atoms with Gasteiger partial charge in [0.25, 0.3) is 11.8 Å². The molecule has 2 aromatic carbocycles. The Bertz CT molecular complexity index is 930. The summed E-state index contributed by atoms with van der Waals surface area (Å²) in [5, 5.41) is 0.318. The largest absolute Gasteiger partial charge is 0.318 e. The second-order valence-electron chi connectivity index (χ2n) is 5.63. The molecule has 1 aliphatic rings. The van der Waals surface area contributed by atoms with E-state index in [1.54, 1.807) is 18.2 Å². The number of fused-ring (bicyclic) bond motifs is 1. The number of hydrogen-bond donors (Lipinski definition) is 0. The third kappa shape index (κ3) is 2.96. The van der Waals surface area contributed by atoms with Gasteiger partial charge in [-0.1, -0.05) is 38.1 Å². The Balaban J connectivity index is 1.99. The van der Waals surface area contributed by atoms with Crippen molar-refractivity contribution in [3.8, 4) is 0 Å². The van der Waals surface area contributed by atoms with Crippen LogP contribution in [0.4, 0.5) is 0 Å². The third-order valence-electron chi connectivity index (χ3n) is 4.12. The molecular weight excluding hydrogens is 342 g/mol. The maximum Gasteiger partial charge on any atom is 0.318 e. The zero-order valence-electron chi connectivity index (χ0n) is 13.9. The van der Waals surface area contributed by atoms with Crippen LogP contribution in [0.1, 0.15) is 45.7 Å². The van der Waals surface area contributed by atoms with Gasteiger partial charge in [0.2, 0.25) is 0 Å². The number of carbonyl (C=O) groups excluding carboxylic acids is 2. The zero-order valence-corrected chi connectivity index (χ0v) is 14.7. The quantitative estimate of drug-likeness (QED) is 0.767. The number of amides is 2. The Hall–Kier alpha value is -2.51. The Morgan fingerprint density at radius 1 is 0.920 bits per heavy atom. The van der Waals surface area contributed by atoms with Gasteiger partial charge in [0, 0.05) is 0 Å². The summed E-state index contributed by atoms with van der Waals surface area (Å²) in [4.78, 5) is 24.6. The fraction of sp³-hybridized carbons (Fsp3) is 0.222. The van der Waals surface area contributed by atoms with E-state index in [9.17, 15) is 18.0 Å². The molecule has 0 unspecified atom stereocenters. The summed E-state index contributed by atoms with van der Waals surface area (Å²) < 4.78 is 30.4. The van der Waals surface area contributed by atoms with Gasteiger partial charge in [0.05, 0.1) is 16.0 Å². The Morgan fingerprint density at radius 3 is 2.04 bits per heavy atom. The van der Waals surface area contributed by atoms with Crippen LogP contribution in [0.2, 0.25) is 0 Å². The number of rotatable bonds is 5. The highest BCUT2D eigenvalue weighted by atomic mass is 32.2. The highest BCUT2D eigenvalue weighted by molar-refractivity contribution is 7.86. The van der Waals surface area contributed by atoms with E-state index in [1.807, 2.05) is 19.9 Å². The molecule has 0 atom stereocenters. The van der Waals surface area contributed by atoms with Crippen LogP contribution in [0.3, 0.4) is 0 Å². The number of carbonyl (C=O) groups is 2. The summed E-state index contributed by atoms with van der Waals surface area (Å²) in [6.45, 7) is 3.73. The zero-order chi connectivity index (χ0) is 18.2. The molecule has 0 fully saturated rings. The van der Waals surface area contributed by atoms with Gasteiger partial charge in [0.1, 0.15) is 0 Å². The minimum atomic E-state index is -4.32. The van der Waals surface area contributed by atoms with E-state index in [2.05, 4.69) is 0 Å². The minimum Gasteiger partial charge on any atom is -0.266 e. The molecule has 130 valence electrons. The van der Waals surface area contributed by atoms with Crippen LogP contribution < -0.4 is 0 Å². The maximum absolute atomic E-state index is 12.7. The van der Waals surface area contributed by atoms with Crippen LogP contribution in [0.15, 0.2) is 47.4 Å². The van der Waals surface area contributed by atoms with Crippen LogP contribution in [-0.4, -0.2) is 25.3 Å². The van der Waals surface area contributed by atoms with E-state index in [0.29, 0.717) is 23.5 Å². The van der Waals surface area contributed by atoms with Gasteiger partial charge in [-0.2, -0.15) is 8.42 Å². The summed E-state index contributed by atoms with van der Waals surface area (Å²) in [5.74, 6) is -1.57. The van der Waals surface area contributed by atoms with Crippen molar-refractivity contribution in [3.63, 3.8) is 0 Å². The predicted molar refractivity (Wildman–Crippen MR) is 90.4 cm³/mol. The molecule has 0 bridgehead atoms. The number of imide groups is 1. The van der Waals surface area contributed by atoms with Crippen LogP contribution >= 0.6 is 0 Å². The molecule has 0 N–H and O–H groups in total. The molecular formula is C18H17NO5S. The normalized spacial score (nSPS) is 14.1. The number of nitrogens with zero attached hydrogens (tertiary/aromatic N) is 1. The fourth-order valence-electron chi connectivity index (χ4n) is 2.72. The van der Waals surface area contributed by atoms with Gasteiger partial charge in [-0.05, 0) is 42.2 Å². The van der Waals surface area contributed by atoms with Crippen molar-refractivity contribution in [1.82, 2.24) is 5.06 Å². The Kier molecular flexibility index (Phi) is 4.45. The first-order chi connectivity index (χ1) is 11.9. The molecule has 0 aliphatic carbocycles. The molecule has 2 aromatic rings. The molecule has 0 radical (unpaired) electrons. The lowest BCUT2D eigenvalue weighted by molar-refractivity contribution is -0.0104. The van der Waals surface area contributed by atoms with Crippen LogP contribution in [0.5, 0.6) is 0 Å². The molecule has 2 amide bonds. The number of aryl methyl sites for hydroxylation is 2. The first kappa shape index (κ1) is 17.3. The van der Waals surface area contributed by atoms with Crippen molar-refractivity contribution in [2.24, 2.45) is 0 Å². The van der Waals surface area contributed by atoms with Gasteiger partial charge < -0.3 is 0 Å². The van der Waals surface area contributed by atoms with Crippen molar-refractivity contribution in [3.05, 3.63) is 64.7 Å². The van der Waals surface area contributed by atoms with E-state index in [4.69, 9.17) is 4.28 Å². The summed E-state index contributed by atoms with van der Waals surface area (Å²) >= 11 is 0. The Morgan fingerprint density at radius 2 is 1.52 bits per heavy atom. The van der Waals surface area contributed by atoms with Crippen molar-refractivity contribution in [2.45, 2.75) is 31.6 Å². The molecule has 7 heteroatoms. The number of benzene rings is 2. The first-order valence-corrected chi connectivity index (χ1v) is 9.34. The first-order valence-electron chi connectivity index (χ1n) is 7.93. The number of hydroxylamine groups is 2. The molecule has 25 heavy (non-hydrogen) atoms. The molecule has 1 aliphatic heterocycles. The van der Waals surface area contributed by atoms with E-state index in [1.165, 1.54) is 18.2 Å². The summed E-state index contributed by atoms with van der Waals surface area (Å²) in [5.41, 5.74) is 1.64. The smallest absolute Gasteiger partial charge is 0.266 e. The predicted octanol–water partition coefficient (Wildman–Crippen LogP) is 2.73. The van der Waals surface area contributed by atoms with Crippen molar-refractivity contribution < 1.29 is 22.3 Å². The lowest BCUT2D eigenvalue weighted by Gasteiger charge is -2.15. The fourth-order valence-corrected chi connectivity index (χ4v) is 3.96. The van der Waals surface area contributed by atoms with Crippen LogP contribution in [0.25, 0.3) is 0 Å². The minimum absolute atomic E-state index is 0.0223. The van der Waals surface area contributed by atoms with Crippen molar-refractivity contribution in [2.75, 3.05) is 0 Å². The van der Waals surface area contributed by atoms with Gasteiger partial charge in [-0.15, -0.1) is 9.35 Å². The molecule has 3 rings (SSSR count). The van der Waals surface area contributed by atoms with E-state index in [0.717, 1.165) is 5.56 Å². The molecule has 0 aromatic heterocycles. The number of hydrogen-bond acceptors (Lipinski definition) is 5. The highest BCUT2D eigenvalue weighted by Crippen LogP contribution is 2.27. The molecule has 1 heterocycles. The second-order valence-corrected chi connectivity index (χ2v) is 7.13. The van der Waals surface area contributed by atoms with E-state index in [-0.39, 0.29) is 16.0 Å². The lowest BCUT2D eigenvalue weighted by atomic mass is 10.1. The Labute approximate surface area is 146 Å². The monoisotopic (exact) mass is 359 g/mol. The third-order valence-corrected chi connectivity index (χ3v) is 5.38. The summed E-state index contributed by atoms with van der Waals surface area (Å²) in [7, 11) is -4.32.